The van der Waals surface area contributed by atoms with Crippen LogP contribution in [-0.4, -0.2) is 37.1 Å². The number of unbranched alkanes of at least 4 members (excludes halogenated alkanes) is 13. The molecule has 1 rings (SSSR count). The molecule has 0 aromatic heterocycles. The summed E-state index contributed by atoms with van der Waals surface area (Å²) in [5.41, 5.74) is -0.927. The van der Waals surface area contributed by atoms with Gasteiger partial charge in [-0.2, -0.15) is 0 Å². The Morgan fingerprint density at radius 1 is 0.742 bits per heavy atom. The summed E-state index contributed by atoms with van der Waals surface area (Å²) in [4.78, 5) is 12.4. The maximum absolute atomic E-state index is 12.4. The molecule has 0 saturated heterocycles. The zero-order chi connectivity index (χ0) is 23.2. The maximum atomic E-state index is 12.4. The third-order valence-corrected chi connectivity index (χ3v) is 8.59. The smallest absolute Gasteiger partial charge is 0.141 e. The van der Waals surface area contributed by atoms with Crippen LogP contribution in [-0.2, 0) is 4.79 Å². The van der Waals surface area contributed by atoms with Crippen molar-refractivity contribution in [3.05, 3.63) is 0 Å². The number of hydrogen-bond acceptors (Lipinski definition) is 2. The van der Waals surface area contributed by atoms with Gasteiger partial charge in [-0.3, -0.25) is 0 Å². The Bertz CT molecular complexity index is 476. The zero-order valence-corrected chi connectivity index (χ0v) is 21.9. The van der Waals surface area contributed by atoms with Crippen LogP contribution < -0.4 is 5.11 Å². The molecule has 1 aliphatic rings. The summed E-state index contributed by atoms with van der Waals surface area (Å²) < 4.78 is 0.452. The topological polar surface area (TPSA) is 40.1 Å². The Balaban J connectivity index is 2.28. The van der Waals surface area contributed by atoms with Crippen molar-refractivity contribution in [3.63, 3.8) is 0 Å². The van der Waals surface area contributed by atoms with Gasteiger partial charge in [-0.1, -0.05) is 116 Å². The van der Waals surface area contributed by atoms with Gasteiger partial charge < -0.3 is 14.4 Å². The number of hydrogen-bond donors (Lipinski definition) is 0. The third kappa shape index (κ3) is 8.71. The minimum Gasteiger partial charge on any atom is -0.544 e. The van der Waals surface area contributed by atoms with Crippen molar-refractivity contribution in [2.24, 2.45) is 5.41 Å². The van der Waals surface area contributed by atoms with E-state index in [0.29, 0.717) is 4.48 Å². The van der Waals surface area contributed by atoms with Gasteiger partial charge in [0.25, 0.3) is 0 Å². The SMILES string of the molecule is CCCCCCCCCCCCCCCCC1(C(C)(C(=O)[O-])[N+](C)(C)C)CCCCC1. The summed E-state index contributed by atoms with van der Waals surface area (Å²) in [6.07, 6.45) is 25.8. The van der Waals surface area contributed by atoms with Gasteiger partial charge in [0.1, 0.15) is 11.5 Å². The number of quaternary nitrogens is 1. The van der Waals surface area contributed by atoms with E-state index in [1.54, 1.807) is 0 Å². The first-order valence-corrected chi connectivity index (χ1v) is 13.7. The van der Waals surface area contributed by atoms with Crippen LogP contribution in [0.15, 0.2) is 0 Å². The number of rotatable bonds is 18. The lowest BCUT2D eigenvalue weighted by atomic mass is 9.58. The van der Waals surface area contributed by atoms with Crippen molar-refractivity contribution >= 4 is 5.97 Å². The summed E-state index contributed by atoms with van der Waals surface area (Å²) in [5.74, 6) is -0.854. The molecule has 1 saturated carbocycles. The van der Waals surface area contributed by atoms with Crippen molar-refractivity contribution in [1.29, 1.82) is 0 Å². The number of aliphatic carboxylic acids is 1. The van der Waals surface area contributed by atoms with Crippen molar-refractivity contribution in [1.82, 2.24) is 0 Å². The van der Waals surface area contributed by atoms with Gasteiger partial charge in [0.15, 0.2) is 0 Å². The summed E-state index contributed by atoms with van der Waals surface area (Å²) in [5, 5.41) is 12.4. The lowest BCUT2D eigenvalue weighted by molar-refractivity contribution is -0.923. The van der Waals surface area contributed by atoms with Crippen LogP contribution in [0, 0.1) is 5.41 Å². The molecule has 0 N–H and O–H groups in total. The number of carboxylic acids is 1. The van der Waals surface area contributed by atoms with Gasteiger partial charge in [-0.25, -0.2) is 0 Å². The highest BCUT2D eigenvalue weighted by molar-refractivity contribution is 5.76. The molecule has 0 amide bonds. The summed E-state index contributed by atoms with van der Waals surface area (Å²) in [6.45, 7) is 4.25. The van der Waals surface area contributed by atoms with Crippen molar-refractivity contribution < 1.29 is 14.4 Å². The van der Waals surface area contributed by atoms with Crippen LogP contribution in [0.25, 0.3) is 0 Å². The number of nitrogens with zero attached hydrogens (tertiary/aromatic N) is 1. The predicted octanol–water partition coefficient (Wildman–Crippen LogP) is 7.02. The molecule has 0 aromatic carbocycles. The molecule has 184 valence electrons. The fourth-order valence-corrected chi connectivity index (χ4v) is 6.07. The molecule has 1 atom stereocenters. The van der Waals surface area contributed by atoms with Gasteiger partial charge in [0.2, 0.25) is 0 Å². The first-order chi connectivity index (χ1) is 14.7. The van der Waals surface area contributed by atoms with E-state index in [4.69, 9.17) is 0 Å². The van der Waals surface area contributed by atoms with E-state index in [0.717, 1.165) is 19.3 Å². The monoisotopic (exact) mass is 437 g/mol. The highest BCUT2D eigenvalue weighted by atomic mass is 16.4. The second-order valence-electron chi connectivity index (χ2n) is 11.6. The van der Waals surface area contributed by atoms with Crippen LogP contribution in [0.1, 0.15) is 142 Å². The molecule has 1 fully saturated rings. The average Bonchev–Trinajstić information content (AvgIpc) is 2.73. The Kier molecular flexibility index (Phi) is 13.4. The molecular weight excluding hydrogens is 382 g/mol. The number of carboxylic acid groups (broad SMARTS) is 1. The van der Waals surface area contributed by atoms with Crippen molar-refractivity contribution in [2.75, 3.05) is 21.1 Å². The van der Waals surface area contributed by atoms with Gasteiger partial charge in [-0.05, 0) is 26.2 Å². The van der Waals surface area contributed by atoms with Crippen LogP contribution in [0.2, 0.25) is 0 Å². The second kappa shape index (κ2) is 14.6. The molecule has 0 heterocycles. The predicted molar refractivity (Wildman–Crippen MR) is 132 cm³/mol. The molecule has 3 heteroatoms. The second-order valence-corrected chi connectivity index (χ2v) is 11.6. The van der Waals surface area contributed by atoms with Crippen molar-refractivity contribution in [2.45, 2.75) is 148 Å². The molecule has 0 radical (unpaired) electrons. The molecule has 0 bridgehead atoms. The quantitative estimate of drug-likeness (QED) is 0.171. The molecule has 1 aliphatic carbocycles. The van der Waals surface area contributed by atoms with E-state index in [9.17, 15) is 9.90 Å². The standard InChI is InChI=1S/C28H55NO2/c1-6-7-8-9-10-11-12-13-14-15-16-17-18-20-23-28(24-21-19-22-25-28)27(2,26(30)31)29(3,4)5/h6-25H2,1-5H3. The van der Waals surface area contributed by atoms with Crippen molar-refractivity contribution in [3.8, 4) is 0 Å². The lowest BCUT2D eigenvalue weighted by Crippen LogP contribution is -2.72. The maximum Gasteiger partial charge on any atom is 0.141 e. The minimum atomic E-state index is -0.854. The van der Waals surface area contributed by atoms with Gasteiger partial charge in [0.05, 0.1) is 21.1 Å². The summed E-state index contributed by atoms with van der Waals surface area (Å²) >= 11 is 0. The Morgan fingerprint density at radius 3 is 1.48 bits per heavy atom. The van der Waals surface area contributed by atoms with Crippen LogP contribution in [0.4, 0.5) is 0 Å². The van der Waals surface area contributed by atoms with Gasteiger partial charge in [0, 0.05) is 5.41 Å². The summed E-state index contributed by atoms with van der Waals surface area (Å²) in [7, 11) is 6.12. The molecule has 0 aliphatic heterocycles. The largest absolute Gasteiger partial charge is 0.544 e. The fraction of sp³-hybridized carbons (Fsp3) is 0.964. The van der Waals surface area contributed by atoms with E-state index in [1.807, 2.05) is 28.1 Å². The fourth-order valence-electron chi connectivity index (χ4n) is 6.07. The molecule has 0 aromatic rings. The van der Waals surface area contributed by atoms with E-state index < -0.39 is 11.5 Å². The highest BCUT2D eigenvalue weighted by Gasteiger charge is 2.57. The van der Waals surface area contributed by atoms with Crippen LogP contribution >= 0.6 is 0 Å². The molecule has 3 nitrogen and oxygen atoms in total. The summed E-state index contributed by atoms with van der Waals surface area (Å²) in [6, 6.07) is 0. The first-order valence-electron chi connectivity index (χ1n) is 13.7. The first kappa shape index (κ1) is 28.5. The van der Waals surface area contributed by atoms with E-state index in [1.165, 1.54) is 109 Å². The third-order valence-electron chi connectivity index (χ3n) is 8.59. The number of carbonyl (C=O) groups excluding carboxylic acids is 1. The number of likely N-dealkylation sites (N-methyl/N-ethyl adjacent to an activating group) is 1. The number of carbonyl (C=O) groups is 1. The molecule has 0 spiro atoms. The molecule has 31 heavy (non-hydrogen) atoms. The van der Waals surface area contributed by atoms with Crippen LogP contribution in [0.5, 0.6) is 0 Å². The van der Waals surface area contributed by atoms with E-state index >= 15 is 0 Å². The lowest BCUT2D eigenvalue weighted by Gasteiger charge is -2.57. The van der Waals surface area contributed by atoms with Gasteiger partial charge in [-0.15, -0.1) is 0 Å². The Labute approximate surface area is 195 Å². The van der Waals surface area contributed by atoms with E-state index in [-0.39, 0.29) is 5.41 Å². The zero-order valence-electron chi connectivity index (χ0n) is 21.9. The minimum absolute atomic E-state index is 0.112. The average molecular weight is 438 g/mol. The van der Waals surface area contributed by atoms with E-state index in [2.05, 4.69) is 6.92 Å². The van der Waals surface area contributed by atoms with Crippen LogP contribution in [0.3, 0.4) is 0 Å². The molecule has 1 unspecified atom stereocenters. The molecular formula is C28H55NO2. The van der Waals surface area contributed by atoms with Gasteiger partial charge >= 0.3 is 0 Å². The normalized spacial score (nSPS) is 18.6. The highest BCUT2D eigenvalue weighted by Crippen LogP contribution is 2.52. The Hall–Kier alpha value is -0.570. The Morgan fingerprint density at radius 2 is 1.13 bits per heavy atom.